The van der Waals surface area contributed by atoms with Gasteiger partial charge in [-0.05, 0) is 74.7 Å². The molecule has 1 saturated carbocycles. The number of aliphatic imine (C=N–C) groups is 1. The molecule has 4 unspecified atom stereocenters. The summed E-state index contributed by atoms with van der Waals surface area (Å²) in [5.41, 5.74) is 0.705. The number of likely N-dealkylation sites (N-methyl/N-ethyl adjacent to an activating group) is 1. The number of guanidine groups is 1. The minimum atomic E-state index is -1.08. The third-order valence-corrected chi connectivity index (χ3v) is 6.68. The Balaban J connectivity index is 1.56. The summed E-state index contributed by atoms with van der Waals surface area (Å²) in [6, 6.07) is 10.4. The van der Waals surface area contributed by atoms with E-state index in [0.29, 0.717) is 22.9 Å². The van der Waals surface area contributed by atoms with E-state index < -0.39 is 17.5 Å². The predicted molar refractivity (Wildman–Crippen MR) is 126 cm³/mol. The molecule has 9 heteroatoms. The molecule has 0 spiro atoms. The fraction of sp³-hybridized carbons (Fsp3) is 0.417. The number of rotatable bonds is 5. The smallest absolute Gasteiger partial charge is 0.258 e. The van der Waals surface area contributed by atoms with Crippen molar-refractivity contribution in [2.45, 2.75) is 44.4 Å². The highest BCUT2D eigenvalue weighted by Gasteiger charge is 2.38. The van der Waals surface area contributed by atoms with Gasteiger partial charge in [-0.25, -0.2) is 13.8 Å². The molecule has 1 heterocycles. The van der Waals surface area contributed by atoms with Gasteiger partial charge in [-0.15, -0.1) is 0 Å². The first-order valence-corrected chi connectivity index (χ1v) is 11.5. The Morgan fingerprint density at radius 3 is 2.55 bits per heavy atom. The van der Waals surface area contributed by atoms with Gasteiger partial charge in [-0.1, -0.05) is 18.5 Å². The summed E-state index contributed by atoms with van der Waals surface area (Å²) in [7, 11) is 2.13. The average molecular weight is 476 g/mol. The third kappa shape index (κ3) is 5.88. The highest BCUT2D eigenvalue weighted by molar-refractivity contribution is 6.30. The Morgan fingerprint density at radius 2 is 1.88 bits per heavy atom. The standard InChI is InChI=1S/C24H28ClF2N5O/c1-14-20(4-3-5-21(14)32(2)22-13-28-22)30-24(29-17-9-7-16(25)8-10-17)31-23(33)15-6-11-18(26)19(27)12-15/h6-12,14,20-22,28H,3-5,13H2,1-2H3,(H2,29,30,31,33). The minimum Gasteiger partial charge on any atom is -0.326 e. The van der Waals surface area contributed by atoms with Crippen LogP contribution in [-0.2, 0) is 0 Å². The van der Waals surface area contributed by atoms with Crippen molar-refractivity contribution in [3.63, 3.8) is 0 Å². The van der Waals surface area contributed by atoms with Crippen LogP contribution in [0, 0.1) is 17.6 Å². The monoisotopic (exact) mass is 475 g/mol. The first kappa shape index (κ1) is 23.6. The number of hydrogen-bond donors (Lipinski definition) is 3. The van der Waals surface area contributed by atoms with Gasteiger partial charge in [0.15, 0.2) is 11.6 Å². The number of halogens is 3. The topological polar surface area (TPSA) is 78.7 Å². The van der Waals surface area contributed by atoms with Gasteiger partial charge < -0.3 is 5.32 Å². The quantitative estimate of drug-likeness (QED) is 0.343. The molecular weight excluding hydrogens is 448 g/mol. The van der Waals surface area contributed by atoms with Crippen molar-refractivity contribution in [1.29, 1.82) is 0 Å². The number of carbonyl (C=O) groups excluding carboxylic acids is 1. The van der Waals surface area contributed by atoms with Gasteiger partial charge in [-0.2, -0.15) is 0 Å². The van der Waals surface area contributed by atoms with Crippen molar-refractivity contribution >= 4 is 29.2 Å². The second-order valence-electron chi connectivity index (χ2n) is 8.71. The van der Waals surface area contributed by atoms with Crippen LogP contribution in [0.4, 0.5) is 14.5 Å². The van der Waals surface area contributed by atoms with E-state index in [2.05, 4.69) is 34.8 Å². The van der Waals surface area contributed by atoms with Gasteiger partial charge in [0.1, 0.15) is 0 Å². The molecule has 2 fully saturated rings. The maximum atomic E-state index is 13.7. The van der Waals surface area contributed by atoms with Crippen LogP contribution in [0.25, 0.3) is 0 Å². The van der Waals surface area contributed by atoms with E-state index in [1.54, 1.807) is 24.3 Å². The van der Waals surface area contributed by atoms with Crippen molar-refractivity contribution in [3.05, 3.63) is 64.7 Å². The van der Waals surface area contributed by atoms with Crippen molar-refractivity contribution in [2.24, 2.45) is 10.9 Å². The zero-order valence-corrected chi connectivity index (χ0v) is 19.4. The molecule has 2 aromatic rings. The van der Waals surface area contributed by atoms with E-state index in [0.717, 1.165) is 37.9 Å². The van der Waals surface area contributed by atoms with Crippen LogP contribution >= 0.6 is 11.6 Å². The largest absolute Gasteiger partial charge is 0.326 e. The summed E-state index contributed by atoms with van der Waals surface area (Å²) in [4.78, 5) is 20.0. The summed E-state index contributed by atoms with van der Waals surface area (Å²) in [5.74, 6) is -2.12. The summed E-state index contributed by atoms with van der Waals surface area (Å²) in [6.45, 7) is 3.19. The second kappa shape index (κ2) is 10.2. The molecule has 1 aliphatic carbocycles. The average Bonchev–Trinajstić information content (AvgIpc) is 3.63. The first-order valence-electron chi connectivity index (χ1n) is 11.1. The molecule has 0 radical (unpaired) electrons. The number of anilines is 1. The molecular formula is C24H28ClF2N5O. The number of carbonyl (C=O) groups is 1. The fourth-order valence-electron chi connectivity index (χ4n) is 4.40. The van der Waals surface area contributed by atoms with Crippen molar-refractivity contribution in [1.82, 2.24) is 15.5 Å². The van der Waals surface area contributed by atoms with Crippen LogP contribution in [-0.4, -0.2) is 48.6 Å². The molecule has 1 aliphatic heterocycles. The lowest BCUT2D eigenvalue weighted by atomic mass is 9.81. The summed E-state index contributed by atoms with van der Waals surface area (Å²) < 4.78 is 26.9. The number of nitrogens with zero attached hydrogens (tertiary/aromatic N) is 2. The molecule has 4 rings (SSSR count). The minimum absolute atomic E-state index is 0.00798. The molecule has 0 aromatic heterocycles. The normalized spacial score (nSPS) is 25.1. The lowest BCUT2D eigenvalue weighted by Gasteiger charge is -2.39. The molecule has 0 bridgehead atoms. The molecule has 2 aliphatic rings. The van der Waals surface area contributed by atoms with E-state index >= 15 is 0 Å². The highest BCUT2D eigenvalue weighted by Crippen LogP contribution is 2.32. The fourth-order valence-corrected chi connectivity index (χ4v) is 4.52. The third-order valence-electron chi connectivity index (χ3n) is 6.43. The van der Waals surface area contributed by atoms with Crippen LogP contribution in [0.5, 0.6) is 0 Å². The second-order valence-corrected chi connectivity index (χ2v) is 9.14. The Hall–Kier alpha value is -2.55. The van der Waals surface area contributed by atoms with Gasteiger partial charge in [0.25, 0.3) is 5.91 Å². The van der Waals surface area contributed by atoms with Crippen LogP contribution in [0.1, 0.15) is 36.5 Å². The summed E-state index contributed by atoms with van der Waals surface area (Å²) in [5, 5.41) is 9.83. The molecule has 176 valence electrons. The van der Waals surface area contributed by atoms with E-state index in [1.807, 2.05) is 0 Å². The van der Waals surface area contributed by atoms with Crippen LogP contribution in [0.15, 0.2) is 47.5 Å². The Labute approximate surface area is 197 Å². The Morgan fingerprint density at radius 1 is 1.15 bits per heavy atom. The van der Waals surface area contributed by atoms with E-state index in [4.69, 9.17) is 16.6 Å². The molecule has 4 atom stereocenters. The van der Waals surface area contributed by atoms with E-state index in [1.165, 1.54) is 6.07 Å². The highest BCUT2D eigenvalue weighted by atomic mass is 35.5. The van der Waals surface area contributed by atoms with Crippen molar-refractivity contribution < 1.29 is 13.6 Å². The zero-order valence-electron chi connectivity index (χ0n) is 18.6. The predicted octanol–water partition coefficient (Wildman–Crippen LogP) is 4.23. The molecule has 33 heavy (non-hydrogen) atoms. The first-order chi connectivity index (χ1) is 15.8. The van der Waals surface area contributed by atoms with E-state index in [9.17, 15) is 13.6 Å². The molecule has 3 N–H and O–H groups in total. The lowest BCUT2D eigenvalue weighted by molar-refractivity contribution is 0.0975. The lowest BCUT2D eigenvalue weighted by Crippen LogP contribution is -2.47. The van der Waals surface area contributed by atoms with Gasteiger partial charge in [0, 0.05) is 28.9 Å². The maximum absolute atomic E-state index is 13.7. The number of amides is 1. The number of benzene rings is 2. The number of hydrogen-bond acceptors (Lipinski definition) is 4. The van der Waals surface area contributed by atoms with Crippen LogP contribution in [0.3, 0.4) is 0 Å². The Bertz CT molecular complexity index is 1030. The molecule has 1 amide bonds. The van der Waals surface area contributed by atoms with Gasteiger partial charge in [0.05, 0.1) is 12.2 Å². The molecule has 2 aromatic carbocycles. The molecule has 1 saturated heterocycles. The van der Waals surface area contributed by atoms with Crippen molar-refractivity contribution in [2.75, 3.05) is 18.9 Å². The Kier molecular flexibility index (Phi) is 7.26. The summed E-state index contributed by atoms with van der Waals surface area (Å²) in [6.07, 6.45) is 3.45. The zero-order chi connectivity index (χ0) is 23.5. The maximum Gasteiger partial charge on any atom is 0.258 e. The number of nitrogens with one attached hydrogen (secondary N) is 3. The van der Waals surface area contributed by atoms with Gasteiger partial charge >= 0.3 is 0 Å². The SMILES string of the molecule is CC1C(N=C(NC(=O)c2ccc(F)c(F)c2)Nc2ccc(Cl)cc2)CCCC1N(C)C1CN1. The molecule has 6 nitrogen and oxygen atoms in total. The summed E-state index contributed by atoms with van der Waals surface area (Å²) >= 11 is 5.99. The van der Waals surface area contributed by atoms with E-state index in [-0.39, 0.29) is 23.5 Å². The van der Waals surface area contributed by atoms with Gasteiger partial charge in [0.2, 0.25) is 5.96 Å². The van der Waals surface area contributed by atoms with Crippen LogP contribution in [0.2, 0.25) is 5.02 Å². The van der Waals surface area contributed by atoms with Crippen molar-refractivity contribution in [3.8, 4) is 0 Å². The van der Waals surface area contributed by atoms with Gasteiger partial charge in [-0.3, -0.25) is 20.3 Å². The van der Waals surface area contributed by atoms with Crippen LogP contribution < -0.4 is 16.0 Å².